The maximum atomic E-state index is 10.8. The summed E-state index contributed by atoms with van der Waals surface area (Å²) < 4.78 is 4.68. The highest BCUT2D eigenvalue weighted by atomic mass is 16.5. The molecule has 0 aromatic carbocycles. The van der Waals surface area contributed by atoms with Crippen LogP contribution in [0.2, 0.25) is 0 Å². The molecule has 0 atom stereocenters. The van der Waals surface area contributed by atoms with E-state index < -0.39 is 0 Å². The lowest BCUT2D eigenvalue weighted by Crippen LogP contribution is -2.14. The largest absolute Gasteiger partial charge is 0.461 e. The van der Waals surface area contributed by atoms with E-state index in [1.807, 2.05) is 6.92 Å². The van der Waals surface area contributed by atoms with Crippen molar-refractivity contribution in [1.29, 1.82) is 0 Å². The van der Waals surface area contributed by atoms with E-state index in [4.69, 9.17) is 5.73 Å². The van der Waals surface area contributed by atoms with E-state index in [-0.39, 0.29) is 12.6 Å². The molecule has 0 aromatic rings. The van der Waals surface area contributed by atoms with Crippen LogP contribution in [-0.2, 0) is 9.53 Å². The fraction of sp³-hybridized carbons (Fsp3) is 0.571. The number of nitrogens with two attached hydrogens (primary N) is 1. The average Bonchev–Trinajstić information content (AvgIpc) is 1.98. The molecule has 0 rings (SSSR count). The third-order valence-electron chi connectivity index (χ3n) is 1.07. The van der Waals surface area contributed by atoms with Crippen molar-refractivity contribution in [3.63, 3.8) is 0 Å². The zero-order chi connectivity index (χ0) is 7.98. The lowest BCUT2D eigenvalue weighted by Gasteiger charge is -2.02. The Bertz CT molecular complexity index is 132. The quantitative estimate of drug-likeness (QED) is 0.459. The van der Waals surface area contributed by atoms with Gasteiger partial charge in [-0.3, -0.25) is 0 Å². The summed E-state index contributed by atoms with van der Waals surface area (Å²) in [5.74, 6) is -0.340. The summed E-state index contributed by atoms with van der Waals surface area (Å²) in [6.07, 6.45) is 0.628. The molecule has 0 aliphatic heterocycles. The molecule has 2 N–H and O–H groups in total. The number of ether oxygens (including phenoxy) is 1. The van der Waals surface area contributed by atoms with Crippen LogP contribution in [-0.4, -0.2) is 19.1 Å². The van der Waals surface area contributed by atoms with Gasteiger partial charge in [0.2, 0.25) is 0 Å². The molecule has 0 saturated heterocycles. The molecule has 0 amide bonds. The minimum absolute atomic E-state index is 0.276. The molecular formula is C7H13NO2. The van der Waals surface area contributed by atoms with Crippen molar-refractivity contribution in [2.45, 2.75) is 13.3 Å². The van der Waals surface area contributed by atoms with Gasteiger partial charge in [-0.25, -0.2) is 4.79 Å². The Kier molecular flexibility index (Phi) is 4.58. The molecule has 0 unspecified atom stereocenters. The first-order valence-electron chi connectivity index (χ1n) is 3.27. The number of carbonyl (C=O) groups excluding carboxylic acids is 1. The van der Waals surface area contributed by atoms with E-state index in [9.17, 15) is 4.79 Å². The Morgan fingerprint density at radius 1 is 1.70 bits per heavy atom. The Morgan fingerprint density at radius 2 is 2.30 bits per heavy atom. The zero-order valence-electron chi connectivity index (χ0n) is 6.22. The van der Waals surface area contributed by atoms with Gasteiger partial charge in [-0.15, -0.1) is 0 Å². The topological polar surface area (TPSA) is 52.3 Å². The van der Waals surface area contributed by atoms with Crippen LogP contribution in [0.25, 0.3) is 0 Å². The van der Waals surface area contributed by atoms with Gasteiger partial charge in [0.1, 0.15) is 6.61 Å². The van der Waals surface area contributed by atoms with Gasteiger partial charge >= 0.3 is 5.97 Å². The number of rotatable bonds is 4. The fourth-order valence-corrected chi connectivity index (χ4v) is 0.398. The summed E-state index contributed by atoms with van der Waals surface area (Å²) in [6.45, 7) is 6.00. The molecule has 0 saturated carbocycles. The molecule has 58 valence electrons. The third kappa shape index (κ3) is 3.25. The van der Waals surface area contributed by atoms with Crippen molar-refractivity contribution in [1.82, 2.24) is 0 Å². The van der Waals surface area contributed by atoms with Gasteiger partial charge in [0.25, 0.3) is 0 Å². The van der Waals surface area contributed by atoms with E-state index in [0.29, 0.717) is 18.5 Å². The standard InChI is InChI=1S/C7H13NO2/c1-3-6(2)7(9)10-5-4-8/h2-5,8H2,1H3. The maximum Gasteiger partial charge on any atom is 0.333 e. The van der Waals surface area contributed by atoms with Gasteiger partial charge in [-0.2, -0.15) is 0 Å². The maximum absolute atomic E-state index is 10.8. The predicted molar refractivity (Wildman–Crippen MR) is 39.4 cm³/mol. The van der Waals surface area contributed by atoms with E-state index in [2.05, 4.69) is 11.3 Å². The molecule has 0 aliphatic carbocycles. The SMILES string of the molecule is C=C(CC)C(=O)OCCN. The fourth-order valence-electron chi connectivity index (χ4n) is 0.398. The first-order valence-corrected chi connectivity index (χ1v) is 3.27. The number of hydrogen-bond donors (Lipinski definition) is 1. The van der Waals surface area contributed by atoms with Crippen molar-refractivity contribution in [3.8, 4) is 0 Å². The van der Waals surface area contributed by atoms with Crippen LogP contribution in [0.15, 0.2) is 12.2 Å². The number of hydrogen-bond acceptors (Lipinski definition) is 3. The van der Waals surface area contributed by atoms with Crippen LogP contribution in [0.1, 0.15) is 13.3 Å². The van der Waals surface area contributed by atoms with E-state index >= 15 is 0 Å². The van der Waals surface area contributed by atoms with Crippen LogP contribution in [0, 0.1) is 0 Å². The zero-order valence-corrected chi connectivity index (χ0v) is 6.22. The summed E-state index contributed by atoms with van der Waals surface area (Å²) in [7, 11) is 0. The average molecular weight is 143 g/mol. The summed E-state index contributed by atoms with van der Waals surface area (Å²) in [5.41, 5.74) is 5.61. The molecule has 10 heavy (non-hydrogen) atoms. The van der Waals surface area contributed by atoms with Crippen molar-refractivity contribution in [2.24, 2.45) is 5.73 Å². The molecule has 0 fully saturated rings. The second-order valence-electron chi connectivity index (χ2n) is 1.88. The van der Waals surface area contributed by atoms with Gasteiger partial charge in [0.05, 0.1) is 0 Å². The minimum atomic E-state index is -0.340. The first-order chi connectivity index (χ1) is 4.72. The van der Waals surface area contributed by atoms with Crippen molar-refractivity contribution < 1.29 is 9.53 Å². The lowest BCUT2D eigenvalue weighted by molar-refractivity contribution is -0.138. The van der Waals surface area contributed by atoms with Gasteiger partial charge in [0.15, 0.2) is 0 Å². The minimum Gasteiger partial charge on any atom is -0.461 e. The summed E-state index contributed by atoms with van der Waals surface area (Å²) in [6, 6.07) is 0. The molecular weight excluding hydrogens is 130 g/mol. The van der Waals surface area contributed by atoms with Crippen LogP contribution in [0.4, 0.5) is 0 Å². The molecule has 3 heteroatoms. The molecule has 0 heterocycles. The highest BCUT2D eigenvalue weighted by Gasteiger charge is 2.03. The van der Waals surface area contributed by atoms with Crippen LogP contribution in [0.3, 0.4) is 0 Å². The Labute approximate surface area is 60.9 Å². The van der Waals surface area contributed by atoms with Crippen LogP contribution >= 0.6 is 0 Å². The molecule has 3 nitrogen and oxygen atoms in total. The summed E-state index contributed by atoms with van der Waals surface area (Å²) >= 11 is 0. The molecule has 0 radical (unpaired) electrons. The Hall–Kier alpha value is -0.830. The van der Waals surface area contributed by atoms with Gasteiger partial charge in [-0.1, -0.05) is 13.5 Å². The van der Waals surface area contributed by atoms with E-state index in [1.54, 1.807) is 0 Å². The summed E-state index contributed by atoms with van der Waals surface area (Å²) in [4.78, 5) is 10.8. The lowest BCUT2D eigenvalue weighted by atomic mass is 10.2. The second kappa shape index (κ2) is 4.99. The van der Waals surface area contributed by atoms with Gasteiger partial charge in [-0.05, 0) is 6.42 Å². The van der Waals surface area contributed by atoms with Crippen molar-refractivity contribution in [2.75, 3.05) is 13.2 Å². The van der Waals surface area contributed by atoms with Crippen LogP contribution < -0.4 is 5.73 Å². The normalized spacial score (nSPS) is 9.00. The molecule has 0 spiro atoms. The second-order valence-corrected chi connectivity index (χ2v) is 1.88. The number of carbonyl (C=O) groups is 1. The van der Waals surface area contributed by atoms with E-state index in [1.165, 1.54) is 0 Å². The Balaban J connectivity index is 3.52. The molecule has 0 bridgehead atoms. The number of esters is 1. The first kappa shape index (κ1) is 9.17. The predicted octanol–water partition coefficient (Wildman–Crippen LogP) is 0.455. The Morgan fingerprint density at radius 3 is 2.70 bits per heavy atom. The third-order valence-corrected chi connectivity index (χ3v) is 1.07. The molecule has 0 aromatic heterocycles. The van der Waals surface area contributed by atoms with Crippen molar-refractivity contribution in [3.05, 3.63) is 12.2 Å². The van der Waals surface area contributed by atoms with Gasteiger partial charge < -0.3 is 10.5 Å². The monoisotopic (exact) mass is 143 g/mol. The van der Waals surface area contributed by atoms with Crippen LogP contribution in [0.5, 0.6) is 0 Å². The summed E-state index contributed by atoms with van der Waals surface area (Å²) in [5, 5.41) is 0. The smallest absolute Gasteiger partial charge is 0.333 e. The van der Waals surface area contributed by atoms with E-state index in [0.717, 1.165) is 0 Å². The van der Waals surface area contributed by atoms with Gasteiger partial charge in [0, 0.05) is 12.1 Å². The highest BCUT2D eigenvalue weighted by Crippen LogP contribution is 1.98. The molecule has 0 aliphatic rings. The highest BCUT2D eigenvalue weighted by molar-refractivity contribution is 5.87. The van der Waals surface area contributed by atoms with Crippen molar-refractivity contribution >= 4 is 5.97 Å².